The lowest BCUT2D eigenvalue weighted by Crippen LogP contribution is -2.46. The lowest BCUT2D eigenvalue weighted by Gasteiger charge is -2.26. The molecule has 0 bridgehead atoms. The van der Waals surface area contributed by atoms with E-state index >= 15 is 0 Å². The van der Waals surface area contributed by atoms with E-state index in [1.807, 2.05) is 18.2 Å². The number of aromatic nitrogens is 2. The fourth-order valence-corrected chi connectivity index (χ4v) is 2.70. The van der Waals surface area contributed by atoms with Crippen LogP contribution in [0.4, 0.5) is 0 Å². The number of hydrogen-bond acceptors (Lipinski definition) is 4. The molecule has 0 spiro atoms. The first-order chi connectivity index (χ1) is 11.3. The number of halogens is 1. The van der Waals surface area contributed by atoms with Crippen LogP contribution in [0.1, 0.15) is 15.9 Å². The van der Waals surface area contributed by atoms with Crippen molar-refractivity contribution in [2.75, 3.05) is 39.3 Å². The first kappa shape index (κ1) is 18.4. The van der Waals surface area contributed by atoms with E-state index in [-0.39, 0.29) is 18.3 Å². The molecule has 1 saturated heterocycles. The predicted octanol–water partition coefficient (Wildman–Crippen LogP) is 0.988. The van der Waals surface area contributed by atoms with E-state index in [1.165, 1.54) is 5.56 Å². The number of carbonyl (C=O) groups excluding carboxylic acids is 1. The van der Waals surface area contributed by atoms with Crippen LogP contribution in [-0.2, 0) is 6.54 Å². The number of hydrogen-bond donors (Lipinski definition) is 2. The minimum Gasteiger partial charge on any atom is -0.351 e. The van der Waals surface area contributed by atoms with E-state index in [1.54, 1.807) is 17.1 Å². The van der Waals surface area contributed by atoms with Crippen molar-refractivity contribution in [2.45, 2.75) is 6.54 Å². The third-order valence-electron chi connectivity index (χ3n) is 4.01. The Morgan fingerprint density at radius 3 is 2.71 bits per heavy atom. The molecule has 2 N–H and O–H groups in total. The second-order valence-electron chi connectivity index (χ2n) is 5.76. The van der Waals surface area contributed by atoms with Crippen molar-refractivity contribution in [2.24, 2.45) is 0 Å². The molecule has 1 aliphatic heterocycles. The van der Waals surface area contributed by atoms with Gasteiger partial charge in [-0.2, -0.15) is 5.10 Å². The zero-order valence-corrected chi connectivity index (χ0v) is 14.5. The van der Waals surface area contributed by atoms with Crippen molar-refractivity contribution in [1.82, 2.24) is 25.3 Å². The molecule has 1 aromatic heterocycles. The third-order valence-corrected chi connectivity index (χ3v) is 4.01. The highest BCUT2D eigenvalue weighted by molar-refractivity contribution is 5.93. The van der Waals surface area contributed by atoms with Gasteiger partial charge < -0.3 is 10.6 Å². The third kappa shape index (κ3) is 5.33. The van der Waals surface area contributed by atoms with Crippen LogP contribution < -0.4 is 10.6 Å². The predicted molar refractivity (Wildman–Crippen MR) is 96.7 cm³/mol. The van der Waals surface area contributed by atoms with E-state index in [0.29, 0.717) is 18.7 Å². The molecule has 1 amide bonds. The summed E-state index contributed by atoms with van der Waals surface area (Å²) in [6.07, 6.45) is 3.43. The number of rotatable bonds is 6. The first-order valence-corrected chi connectivity index (χ1v) is 8.09. The second kappa shape index (κ2) is 9.42. The number of carbonyl (C=O) groups is 1. The molecule has 0 atom stereocenters. The monoisotopic (exact) mass is 349 g/mol. The largest absolute Gasteiger partial charge is 0.351 e. The zero-order chi connectivity index (χ0) is 15.9. The quantitative estimate of drug-likeness (QED) is 0.816. The Bertz CT molecular complexity index is 625. The molecule has 7 heteroatoms. The fraction of sp³-hybridized carbons (Fsp3) is 0.412. The minimum atomic E-state index is -0.0561. The molecule has 1 aliphatic rings. The van der Waals surface area contributed by atoms with Gasteiger partial charge in [0.25, 0.3) is 5.91 Å². The van der Waals surface area contributed by atoms with Crippen LogP contribution in [0.25, 0.3) is 0 Å². The molecule has 24 heavy (non-hydrogen) atoms. The minimum absolute atomic E-state index is 0. The molecule has 0 aliphatic carbocycles. The van der Waals surface area contributed by atoms with E-state index in [9.17, 15) is 4.79 Å². The highest BCUT2D eigenvalue weighted by atomic mass is 35.5. The normalized spacial score (nSPS) is 14.8. The summed E-state index contributed by atoms with van der Waals surface area (Å²) < 4.78 is 1.79. The van der Waals surface area contributed by atoms with Crippen LogP contribution in [0.5, 0.6) is 0 Å². The van der Waals surface area contributed by atoms with E-state index in [4.69, 9.17) is 0 Å². The lowest BCUT2D eigenvalue weighted by atomic mass is 10.2. The van der Waals surface area contributed by atoms with Crippen LogP contribution in [0, 0.1) is 0 Å². The first-order valence-electron chi connectivity index (χ1n) is 8.09. The summed E-state index contributed by atoms with van der Waals surface area (Å²) in [5.74, 6) is -0.0561. The summed E-state index contributed by atoms with van der Waals surface area (Å²) in [4.78, 5) is 14.5. The fourth-order valence-electron chi connectivity index (χ4n) is 2.70. The maximum atomic E-state index is 12.2. The van der Waals surface area contributed by atoms with Crippen LogP contribution >= 0.6 is 12.4 Å². The van der Waals surface area contributed by atoms with Gasteiger partial charge in [0.05, 0.1) is 18.3 Å². The Labute approximate surface area is 148 Å². The average molecular weight is 350 g/mol. The van der Waals surface area contributed by atoms with Gasteiger partial charge in [-0.05, 0) is 5.56 Å². The Kier molecular flexibility index (Phi) is 7.24. The van der Waals surface area contributed by atoms with Crippen molar-refractivity contribution in [3.05, 3.63) is 53.9 Å². The van der Waals surface area contributed by atoms with Crippen molar-refractivity contribution in [1.29, 1.82) is 0 Å². The molecule has 2 aromatic rings. The highest BCUT2D eigenvalue weighted by Gasteiger charge is 2.11. The molecular formula is C17H24ClN5O. The van der Waals surface area contributed by atoms with Crippen LogP contribution in [0.15, 0.2) is 42.7 Å². The van der Waals surface area contributed by atoms with Crippen LogP contribution in [0.3, 0.4) is 0 Å². The van der Waals surface area contributed by atoms with Gasteiger partial charge in [-0.1, -0.05) is 30.3 Å². The van der Waals surface area contributed by atoms with Gasteiger partial charge in [-0.15, -0.1) is 12.4 Å². The maximum Gasteiger partial charge on any atom is 0.254 e. The average Bonchev–Trinajstić information content (AvgIpc) is 3.05. The van der Waals surface area contributed by atoms with Crippen LogP contribution in [0.2, 0.25) is 0 Å². The molecule has 3 rings (SSSR count). The molecular weight excluding hydrogens is 326 g/mol. The Morgan fingerprint density at radius 2 is 1.96 bits per heavy atom. The highest BCUT2D eigenvalue weighted by Crippen LogP contribution is 2.04. The molecule has 0 unspecified atom stereocenters. The lowest BCUT2D eigenvalue weighted by molar-refractivity contribution is 0.0947. The van der Waals surface area contributed by atoms with Gasteiger partial charge in [-0.25, -0.2) is 0 Å². The summed E-state index contributed by atoms with van der Waals surface area (Å²) in [6.45, 7) is 6.39. The van der Waals surface area contributed by atoms with Crippen molar-refractivity contribution in [3.63, 3.8) is 0 Å². The standard InChI is InChI=1S/C17H23N5O.ClH/c23-17(19-8-11-21-9-6-18-7-10-21)16-12-20-22(14-16)13-15-4-2-1-3-5-15;/h1-5,12,14,18H,6-11,13H2,(H,19,23);1H. The summed E-state index contributed by atoms with van der Waals surface area (Å²) >= 11 is 0. The summed E-state index contributed by atoms with van der Waals surface area (Å²) in [5, 5.41) is 10.6. The van der Waals surface area contributed by atoms with Gasteiger partial charge in [0.2, 0.25) is 0 Å². The molecule has 2 heterocycles. The summed E-state index contributed by atoms with van der Waals surface area (Å²) in [7, 11) is 0. The van der Waals surface area contributed by atoms with Gasteiger partial charge in [-0.3, -0.25) is 14.4 Å². The van der Waals surface area contributed by atoms with Gasteiger partial charge in [0, 0.05) is 45.5 Å². The molecule has 1 aromatic carbocycles. The smallest absolute Gasteiger partial charge is 0.254 e. The van der Waals surface area contributed by atoms with Crippen molar-refractivity contribution in [3.8, 4) is 0 Å². The van der Waals surface area contributed by atoms with Gasteiger partial charge in [0.1, 0.15) is 0 Å². The summed E-state index contributed by atoms with van der Waals surface area (Å²) in [5.41, 5.74) is 1.78. The number of nitrogens with one attached hydrogen (secondary N) is 2. The van der Waals surface area contributed by atoms with E-state index in [0.717, 1.165) is 32.7 Å². The van der Waals surface area contributed by atoms with E-state index in [2.05, 4.69) is 32.8 Å². The Hall–Kier alpha value is -1.89. The van der Waals surface area contributed by atoms with Crippen LogP contribution in [-0.4, -0.2) is 59.9 Å². The van der Waals surface area contributed by atoms with Crippen molar-refractivity contribution < 1.29 is 4.79 Å². The Balaban J connectivity index is 0.00000208. The summed E-state index contributed by atoms with van der Waals surface area (Å²) in [6, 6.07) is 10.1. The second-order valence-corrected chi connectivity index (χ2v) is 5.76. The molecule has 6 nitrogen and oxygen atoms in total. The topological polar surface area (TPSA) is 62.2 Å². The number of nitrogens with zero attached hydrogens (tertiary/aromatic N) is 3. The van der Waals surface area contributed by atoms with E-state index < -0.39 is 0 Å². The van der Waals surface area contributed by atoms with Crippen molar-refractivity contribution >= 4 is 18.3 Å². The molecule has 0 saturated carbocycles. The molecule has 0 radical (unpaired) electrons. The SMILES string of the molecule is Cl.O=C(NCCN1CCNCC1)c1cnn(Cc2ccccc2)c1. The van der Waals surface area contributed by atoms with Gasteiger partial charge in [0.15, 0.2) is 0 Å². The maximum absolute atomic E-state index is 12.2. The number of amides is 1. The zero-order valence-electron chi connectivity index (χ0n) is 13.6. The number of benzene rings is 1. The molecule has 130 valence electrons. The Morgan fingerprint density at radius 1 is 1.21 bits per heavy atom. The number of piperazine rings is 1. The van der Waals surface area contributed by atoms with Gasteiger partial charge >= 0.3 is 0 Å². The molecule has 1 fully saturated rings.